The summed E-state index contributed by atoms with van der Waals surface area (Å²) in [6.45, 7) is 0. The highest BCUT2D eigenvalue weighted by Gasteiger charge is 2.21. The topological polar surface area (TPSA) is 102 Å². The van der Waals surface area contributed by atoms with Gasteiger partial charge in [-0.3, -0.25) is 10.2 Å². The first-order chi connectivity index (χ1) is 15.7. The van der Waals surface area contributed by atoms with Gasteiger partial charge in [-0.25, -0.2) is 23.7 Å². The van der Waals surface area contributed by atoms with Crippen molar-refractivity contribution in [1.82, 2.24) is 20.6 Å². The van der Waals surface area contributed by atoms with Crippen molar-refractivity contribution in [3.8, 4) is 16.9 Å². The third kappa shape index (κ3) is 4.43. The van der Waals surface area contributed by atoms with Gasteiger partial charge in [-0.1, -0.05) is 34.8 Å². The number of nitrogens with one attached hydrogen (secondary N) is 2. The summed E-state index contributed by atoms with van der Waals surface area (Å²) >= 11 is 18.3. The van der Waals surface area contributed by atoms with Crippen molar-refractivity contribution in [2.75, 3.05) is 0 Å². The predicted molar refractivity (Wildman–Crippen MR) is 122 cm³/mol. The van der Waals surface area contributed by atoms with E-state index in [1.165, 1.54) is 16.8 Å². The predicted octanol–water partition coefficient (Wildman–Crippen LogP) is 5.24. The van der Waals surface area contributed by atoms with E-state index in [1.54, 1.807) is 18.2 Å². The average Bonchev–Trinajstić information content (AvgIpc) is 3.11. The number of fused-ring (bicyclic) bond motifs is 1. The number of carbonyl (C=O) groups is 2. The van der Waals surface area contributed by atoms with Gasteiger partial charge in [0.05, 0.1) is 21.8 Å². The van der Waals surface area contributed by atoms with Gasteiger partial charge in [0.1, 0.15) is 17.3 Å². The second-order valence-corrected chi connectivity index (χ2v) is 8.05. The number of hydrazine groups is 1. The number of amides is 3. The molecule has 0 atom stereocenters. The van der Waals surface area contributed by atoms with Crippen molar-refractivity contribution >= 4 is 57.6 Å². The molecule has 0 bridgehead atoms. The molecule has 33 heavy (non-hydrogen) atoms. The Hall–Kier alpha value is -3.40. The monoisotopic (exact) mass is 509 g/mol. The molecule has 0 unspecified atom stereocenters. The van der Waals surface area contributed by atoms with Crippen molar-refractivity contribution in [2.24, 2.45) is 5.73 Å². The van der Waals surface area contributed by atoms with Crippen LogP contribution in [0.1, 0.15) is 10.4 Å². The van der Waals surface area contributed by atoms with Crippen LogP contribution in [-0.4, -0.2) is 21.7 Å². The van der Waals surface area contributed by atoms with E-state index in [0.717, 1.165) is 18.2 Å². The molecular formula is C21H12Cl3F2N5O2. The highest BCUT2D eigenvalue weighted by atomic mass is 35.5. The Balaban J connectivity index is 1.88. The molecule has 0 aliphatic rings. The molecule has 0 fully saturated rings. The highest BCUT2D eigenvalue weighted by molar-refractivity contribution is 6.33. The number of rotatable bonds is 3. The molecule has 0 aliphatic heterocycles. The molecule has 0 spiro atoms. The van der Waals surface area contributed by atoms with Gasteiger partial charge in [0.25, 0.3) is 5.91 Å². The summed E-state index contributed by atoms with van der Waals surface area (Å²) in [4.78, 5) is 22.9. The van der Waals surface area contributed by atoms with E-state index in [0.29, 0.717) is 15.9 Å². The van der Waals surface area contributed by atoms with Crippen LogP contribution in [-0.2, 0) is 0 Å². The third-order valence-corrected chi connectivity index (χ3v) is 5.41. The molecule has 4 aromatic rings. The lowest BCUT2D eigenvalue weighted by Crippen LogP contribution is -2.44. The van der Waals surface area contributed by atoms with Crippen LogP contribution >= 0.6 is 34.8 Å². The number of carbonyl (C=O) groups excluding carboxylic acids is 2. The van der Waals surface area contributed by atoms with Gasteiger partial charge in [0.2, 0.25) is 0 Å². The van der Waals surface area contributed by atoms with E-state index in [4.69, 9.17) is 40.5 Å². The minimum absolute atomic E-state index is 0.0388. The second kappa shape index (κ2) is 8.86. The number of nitrogens with two attached hydrogens (primary N) is 1. The van der Waals surface area contributed by atoms with E-state index in [9.17, 15) is 18.4 Å². The normalized spacial score (nSPS) is 10.9. The van der Waals surface area contributed by atoms with Crippen LogP contribution in [0.5, 0.6) is 0 Å². The van der Waals surface area contributed by atoms with Crippen molar-refractivity contribution in [3.05, 3.63) is 80.8 Å². The highest BCUT2D eigenvalue weighted by Crippen LogP contribution is 2.35. The van der Waals surface area contributed by atoms with Crippen LogP contribution < -0.4 is 16.6 Å². The summed E-state index contributed by atoms with van der Waals surface area (Å²) in [6, 6.07) is 9.94. The van der Waals surface area contributed by atoms with Gasteiger partial charge >= 0.3 is 6.03 Å². The minimum Gasteiger partial charge on any atom is -0.350 e. The average molecular weight is 511 g/mol. The van der Waals surface area contributed by atoms with Gasteiger partial charge in [0, 0.05) is 27.1 Å². The summed E-state index contributed by atoms with van der Waals surface area (Å²) in [5.74, 6) is -2.53. The van der Waals surface area contributed by atoms with E-state index in [1.807, 2.05) is 10.9 Å². The summed E-state index contributed by atoms with van der Waals surface area (Å²) in [7, 11) is 0. The number of urea groups is 1. The quantitative estimate of drug-likeness (QED) is 0.328. The lowest BCUT2D eigenvalue weighted by atomic mass is 10.1. The number of primary amides is 1. The number of aromatic nitrogens is 2. The van der Waals surface area contributed by atoms with Crippen LogP contribution in [0.4, 0.5) is 13.6 Å². The van der Waals surface area contributed by atoms with Gasteiger partial charge in [-0.2, -0.15) is 5.10 Å². The van der Waals surface area contributed by atoms with E-state index in [2.05, 4.69) is 5.10 Å². The smallest absolute Gasteiger partial charge is 0.330 e. The molecule has 4 N–H and O–H groups in total. The second-order valence-electron chi connectivity index (χ2n) is 6.77. The molecule has 1 heterocycles. The van der Waals surface area contributed by atoms with Crippen molar-refractivity contribution in [1.29, 1.82) is 0 Å². The fourth-order valence-corrected chi connectivity index (χ4v) is 3.79. The van der Waals surface area contributed by atoms with Crippen molar-refractivity contribution < 1.29 is 18.4 Å². The Labute approximate surface area is 200 Å². The molecule has 3 amide bonds. The molecule has 0 radical (unpaired) electrons. The number of hydrogen-bond acceptors (Lipinski definition) is 3. The Bertz CT molecular complexity index is 1440. The van der Waals surface area contributed by atoms with E-state index in [-0.39, 0.29) is 27.0 Å². The maximum absolute atomic E-state index is 14.8. The van der Waals surface area contributed by atoms with Gasteiger partial charge in [-0.15, -0.1) is 0 Å². The third-order valence-electron chi connectivity index (χ3n) is 4.64. The lowest BCUT2D eigenvalue weighted by molar-refractivity contribution is 0.0933. The van der Waals surface area contributed by atoms with E-state index < -0.39 is 29.1 Å². The van der Waals surface area contributed by atoms with Crippen molar-refractivity contribution in [3.63, 3.8) is 0 Å². The van der Waals surface area contributed by atoms with E-state index >= 15 is 0 Å². The molecule has 3 aromatic carbocycles. The number of benzene rings is 3. The molecule has 1 aromatic heterocycles. The van der Waals surface area contributed by atoms with Crippen LogP contribution in [0.2, 0.25) is 15.1 Å². The fourth-order valence-electron chi connectivity index (χ4n) is 3.21. The summed E-state index contributed by atoms with van der Waals surface area (Å²) in [6.07, 6.45) is 0. The minimum atomic E-state index is -1.03. The maximum atomic E-state index is 14.8. The number of halogens is 5. The maximum Gasteiger partial charge on any atom is 0.330 e. The molecule has 0 saturated heterocycles. The zero-order valence-electron chi connectivity index (χ0n) is 16.3. The molecule has 0 saturated carbocycles. The van der Waals surface area contributed by atoms with Gasteiger partial charge in [0.15, 0.2) is 0 Å². The van der Waals surface area contributed by atoms with Gasteiger partial charge < -0.3 is 5.73 Å². The standard InChI is InChI=1S/C21H12Cl3F2N5O2/c22-9-2-4-17-13(5-9)19(11-3-1-10(23)6-15(11)25)30-31(17)18-8-16(26)12(7-14(18)24)20(32)28-29-21(27)33/h1-8H,(H,28,32)(H3,27,29,33). The Morgan fingerprint density at radius 2 is 1.61 bits per heavy atom. The van der Waals surface area contributed by atoms with Crippen molar-refractivity contribution in [2.45, 2.75) is 0 Å². The number of nitrogens with zero attached hydrogens (tertiary/aromatic N) is 2. The summed E-state index contributed by atoms with van der Waals surface area (Å²) < 4.78 is 30.8. The first kappa shape index (κ1) is 22.8. The zero-order chi connectivity index (χ0) is 23.9. The first-order valence-corrected chi connectivity index (χ1v) is 10.3. The molecule has 4 rings (SSSR count). The Morgan fingerprint density at radius 1 is 0.909 bits per heavy atom. The van der Waals surface area contributed by atoms with Crippen LogP contribution in [0.25, 0.3) is 27.8 Å². The number of hydrogen-bond donors (Lipinski definition) is 3. The fraction of sp³-hybridized carbons (Fsp3) is 0. The summed E-state index contributed by atoms with van der Waals surface area (Å²) in [5.41, 5.74) is 9.15. The Morgan fingerprint density at radius 3 is 2.30 bits per heavy atom. The SMILES string of the molecule is NC(=O)NNC(=O)c1cc(Cl)c(-n2nc(-c3ccc(Cl)cc3F)c3cc(Cl)ccc32)cc1F. The summed E-state index contributed by atoms with van der Waals surface area (Å²) in [5, 5.41) is 5.48. The van der Waals surface area contributed by atoms with Gasteiger partial charge in [-0.05, 0) is 42.5 Å². The lowest BCUT2D eigenvalue weighted by Gasteiger charge is -2.10. The van der Waals surface area contributed by atoms with Crippen LogP contribution in [0, 0.1) is 11.6 Å². The molecule has 168 valence electrons. The largest absolute Gasteiger partial charge is 0.350 e. The van der Waals surface area contributed by atoms with Crippen LogP contribution in [0.3, 0.4) is 0 Å². The Kier molecular flexibility index (Phi) is 6.11. The molecule has 12 heteroatoms. The molecular weight excluding hydrogens is 499 g/mol. The molecule has 7 nitrogen and oxygen atoms in total. The molecule has 0 aliphatic carbocycles. The van der Waals surface area contributed by atoms with Crippen LogP contribution in [0.15, 0.2) is 48.5 Å². The zero-order valence-corrected chi connectivity index (χ0v) is 18.6. The first-order valence-electron chi connectivity index (χ1n) is 9.14.